The monoisotopic (exact) mass is 373 g/mol. The maximum Gasteiger partial charge on any atom is 0.0659 e. The lowest BCUT2D eigenvalue weighted by Gasteiger charge is -2.31. The van der Waals surface area contributed by atoms with Crippen LogP contribution in [-0.4, -0.2) is 6.04 Å². The van der Waals surface area contributed by atoms with Crippen LogP contribution in [0.5, 0.6) is 0 Å². The average Bonchev–Trinajstić information content (AvgIpc) is 3.02. The van der Waals surface area contributed by atoms with E-state index in [1.807, 2.05) is 11.3 Å². The molecule has 2 saturated carbocycles. The van der Waals surface area contributed by atoms with Crippen LogP contribution < -0.4 is 5.32 Å². The first kappa shape index (κ1) is 12.2. The SMILES string of the molecule is Ic1cc2c(s1)CCCC2NC1CC2CCC1C2. The van der Waals surface area contributed by atoms with Gasteiger partial charge in [0.15, 0.2) is 0 Å². The van der Waals surface area contributed by atoms with Crippen molar-refractivity contribution in [1.82, 2.24) is 5.32 Å². The van der Waals surface area contributed by atoms with Crippen molar-refractivity contribution in [2.45, 2.75) is 57.0 Å². The van der Waals surface area contributed by atoms with E-state index in [2.05, 4.69) is 34.0 Å². The van der Waals surface area contributed by atoms with Gasteiger partial charge in [0.25, 0.3) is 0 Å². The van der Waals surface area contributed by atoms with Crippen LogP contribution in [0, 0.1) is 14.7 Å². The maximum absolute atomic E-state index is 4.02. The summed E-state index contributed by atoms with van der Waals surface area (Å²) in [6.07, 6.45) is 10.0. The first-order chi connectivity index (χ1) is 8.79. The number of rotatable bonds is 2. The Balaban J connectivity index is 1.52. The van der Waals surface area contributed by atoms with Crippen molar-refractivity contribution in [3.63, 3.8) is 0 Å². The Morgan fingerprint density at radius 1 is 1.22 bits per heavy atom. The summed E-state index contributed by atoms with van der Waals surface area (Å²) < 4.78 is 1.47. The Morgan fingerprint density at radius 3 is 2.94 bits per heavy atom. The Morgan fingerprint density at radius 2 is 2.17 bits per heavy atom. The number of aryl methyl sites for hydroxylation is 1. The molecule has 98 valence electrons. The molecule has 18 heavy (non-hydrogen) atoms. The molecule has 1 aromatic rings. The number of halogens is 1. The summed E-state index contributed by atoms with van der Waals surface area (Å²) in [6, 6.07) is 3.93. The number of hydrogen-bond acceptors (Lipinski definition) is 2. The van der Waals surface area contributed by atoms with E-state index in [1.54, 1.807) is 10.4 Å². The quantitative estimate of drug-likeness (QED) is 0.753. The second-order valence-electron chi connectivity index (χ2n) is 6.32. The third-order valence-electron chi connectivity index (χ3n) is 5.24. The lowest BCUT2D eigenvalue weighted by Crippen LogP contribution is -2.37. The predicted molar refractivity (Wildman–Crippen MR) is 85.1 cm³/mol. The van der Waals surface area contributed by atoms with Crippen molar-refractivity contribution in [3.05, 3.63) is 19.4 Å². The summed E-state index contributed by atoms with van der Waals surface area (Å²) in [4.78, 5) is 1.66. The van der Waals surface area contributed by atoms with Crippen LogP contribution in [0.25, 0.3) is 0 Å². The molecule has 0 saturated heterocycles. The van der Waals surface area contributed by atoms with Gasteiger partial charge in [-0.15, -0.1) is 11.3 Å². The number of hydrogen-bond donors (Lipinski definition) is 1. The van der Waals surface area contributed by atoms with Gasteiger partial charge >= 0.3 is 0 Å². The molecular weight excluding hydrogens is 353 g/mol. The lowest BCUT2D eigenvalue weighted by atomic mass is 9.90. The largest absolute Gasteiger partial charge is 0.307 e. The van der Waals surface area contributed by atoms with Crippen LogP contribution in [0.3, 0.4) is 0 Å². The highest BCUT2D eigenvalue weighted by atomic mass is 127. The molecule has 4 unspecified atom stereocenters. The van der Waals surface area contributed by atoms with E-state index in [4.69, 9.17) is 0 Å². The van der Waals surface area contributed by atoms with E-state index < -0.39 is 0 Å². The molecular formula is C15H20INS. The Kier molecular flexibility index (Phi) is 3.20. The third kappa shape index (κ3) is 2.06. The van der Waals surface area contributed by atoms with E-state index >= 15 is 0 Å². The van der Waals surface area contributed by atoms with E-state index in [1.165, 1.54) is 47.8 Å². The zero-order valence-corrected chi connectivity index (χ0v) is 13.6. The van der Waals surface area contributed by atoms with Gasteiger partial charge in [0.2, 0.25) is 0 Å². The fourth-order valence-corrected chi connectivity index (χ4v) is 6.52. The minimum Gasteiger partial charge on any atom is -0.307 e. The zero-order chi connectivity index (χ0) is 12.1. The van der Waals surface area contributed by atoms with Crippen LogP contribution >= 0.6 is 33.9 Å². The molecule has 0 aromatic carbocycles. The second kappa shape index (κ2) is 4.74. The van der Waals surface area contributed by atoms with Crippen molar-refractivity contribution >= 4 is 33.9 Å². The van der Waals surface area contributed by atoms with E-state index in [-0.39, 0.29) is 0 Å². The minimum absolute atomic E-state index is 0.665. The molecule has 2 fully saturated rings. The van der Waals surface area contributed by atoms with Crippen molar-refractivity contribution < 1.29 is 0 Å². The molecule has 0 aliphatic heterocycles. The molecule has 4 rings (SSSR count). The van der Waals surface area contributed by atoms with Gasteiger partial charge in [-0.05, 0) is 84.6 Å². The number of nitrogens with one attached hydrogen (secondary N) is 1. The van der Waals surface area contributed by atoms with Crippen molar-refractivity contribution in [2.24, 2.45) is 11.8 Å². The van der Waals surface area contributed by atoms with Crippen LogP contribution in [0.1, 0.15) is 55.0 Å². The van der Waals surface area contributed by atoms with Crippen LogP contribution in [0.2, 0.25) is 0 Å². The fraction of sp³-hybridized carbons (Fsp3) is 0.733. The standard InChI is InChI=1S/C15H20INS/c16-15-8-11-12(2-1-3-14(11)18-15)17-13-7-9-4-5-10(13)6-9/h8-10,12-13,17H,1-7H2. The topological polar surface area (TPSA) is 12.0 Å². The molecule has 1 N–H and O–H groups in total. The van der Waals surface area contributed by atoms with Crippen LogP contribution in [0.4, 0.5) is 0 Å². The first-order valence-electron chi connectivity index (χ1n) is 7.34. The van der Waals surface area contributed by atoms with Crippen molar-refractivity contribution in [3.8, 4) is 0 Å². The van der Waals surface area contributed by atoms with E-state index in [0.29, 0.717) is 6.04 Å². The molecule has 0 spiro atoms. The molecule has 3 aliphatic rings. The van der Waals surface area contributed by atoms with Gasteiger partial charge in [0.05, 0.1) is 2.88 Å². The summed E-state index contributed by atoms with van der Waals surface area (Å²) >= 11 is 4.50. The summed E-state index contributed by atoms with van der Waals surface area (Å²) in [6.45, 7) is 0. The highest BCUT2D eigenvalue weighted by Crippen LogP contribution is 2.46. The van der Waals surface area contributed by atoms with Crippen molar-refractivity contribution in [1.29, 1.82) is 0 Å². The molecule has 0 radical (unpaired) electrons. The fourth-order valence-electron chi connectivity index (χ4n) is 4.40. The first-order valence-corrected chi connectivity index (χ1v) is 9.23. The Labute approximate surface area is 127 Å². The van der Waals surface area contributed by atoms with Crippen LogP contribution in [0.15, 0.2) is 6.07 Å². The van der Waals surface area contributed by atoms with Gasteiger partial charge in [0.1, 0.15) is 0 Å². The number of thiophene rings is 1. The third-order valence-corrected chi connectivity index (χ3v) is 7.21. The average molecular weight is 373 g/mol. The van der Waals surface area contributed by atoms with Gasteiger partial charge in [0, 0.05) is 17.0 Å². The smallest absolute Gasteiger partial charge is 0.0659 e. The predicted octanol–water partition coefficient (Wildman–Crippen LogP) is 4.51. The molecule has 2 bridgehead atoms. The molecule has 3 heteroatoms. The van der Waals surface area contributed by atoms with Crippen molar-refractivity contribution in [2.75, 3.05) is 0 Å². The highest BCUT2D eigenvalue weighted by molar-refractivity contribution is 14.1. The van der Waals surface area contributed by atoms with E-state index in [0.717, 1.165) is 17.9 Å². The Hall–Kier alpha value is 0.390. The summed E-state index contributed by atoms with van der Waals surface area (Å²) in [5.74, 6) is 2.05. The van der Waals surface area contributed by atoms with Gasteiger partial charge < -0.3 is 5.32 Å². The summed E-state index contributed by atoms with van der Waals surface area (Å²) in [7, 11) is 0. The number of fused-ring (bicyclic) bond motifs is 3. The Bertz CT molecular complexity index is 455. The molecule has 0 amide bonds. The second-order valence-corrected chi connectivity index (χ2v) is 9.35. The van der Waals surface area contributed by atoms with Crippen LogP contribution in [-0.2, 0) is 6.42 Å². The van der Waals surface area contributed by atoms with E-state index in [9.17, 15) is 0 Å². The molecule has 3 aliphatic carbocycles. The summed E-state index contributed by atoms with van der Waals surface area (Å²) in [5.41, 5.74) is 1.64. The molecule has 4 atom stereocenters. The lowest BCUT2D eigenvalue weighted by molar-refractivity contribution is 0.305. The normalized spacial score (nSPS) is 38.1. The minimum atomic E-state index is 0.665. The molecule has 1 heterocycles. The summed E-state index contributed by atoms with van der Waals surface area (Å²) in [5, 5.41) is 4.02. The van der Waals surface area contributed by atoms with Gasteiger partial charge in [-0.2, -0.15) is 0 Å². The maximum atomic E-state index is 4.02. The molecule has 1 aromatic heterocycles. The zero-order valence-electron chi connectivity index (χ0n) is 10.6. The van der Waals surface area contributed by atoms with Gasteiger partial charge in [-0.1, -0.05) is 6.42 Å². The van der Waals surface area contributed by atoms with Gasteiger partial charge in [-0.25, -0.2) is 0 Å². The van der Waals surface area contributed by atoms with Gasteiger partial charge in [-0.3, -0.25) is 0 Å². The highest BCUT2D eigenvalue weighted by Gasteiger charge is 2.40. The molecule has 1 nitrogen and oxygen atoms in total.